The number of aryl methyl sites for hydroxylation is 1. The summed E-state index contributed by atoms with van der Waals surface area (Å²) in [7, 11) is 1.85. The molecule has 1 aliphatic carbocycles. The third kappa shape index (κ3) is 1.84. The van der Waals surface area contributed by atoms with Crippen molar-refractivity contribution < 1.29 is 0 Å². The van der Waals surface area contributed by atoms with Gasteiger partial charge in [0.2, 0.25) is 5.95 Å². The van der Waals surface area contributed by atoms with Crippen molar-refractivity contribution in [1.82, 2.24) is 20.2 Å². The van der Waals surface area contributed by atoms with Crippen LogP contribution in [0.5, 0.6) is 0 Å². The van der Waals surface area contributed by atoms with Crippen LogP contribution < -0.4 is 5.32 Å². The zero-order chi connectivity index (χ0) is 9.97. The zero-order valence-electron chi connectivity index (χ0n) is 8.47. The molecule has 1 aromatic heterocycles. The van der Waals surface area contributed by atoms with Crippen LogP contribution in [0.3, 0.4) is 0 Å². The number of aromatic nitrogens is 4. The molecule has 1 heterocycles. The largest absolute Gasteiger partial charge is 0.349 e. The minimum atomic E-state index is 0.523. The molecule has 0 amide bonds. The molecule has 1 fully saturated rings. The fourth-order valence-electron chi connectivity index (χ4n) is 1.89. The van der Waals surface area contributed by atoms with Crippen LogP contribution in [0.15, 0.2) is 0 Å². The van der Waals surface area contributed by atoms with Gasteiger partial charge < -0.3 is 5.32 Å². The molecule has 1 N–H and O–H groups in total. The lowest BCUT2D eigenvalue weighted by Crippen LogP contribution is -2.27. The van der Waals surface area contributed by atoms with Crippen molar-refractivity contribution in [3.63, 3.8) is 0 Å². The number of nitrogens with one attached hydrogen (secondary N) is 1. The maximum Gasteiger partial charge on any atom is 0.242 e. The molecule has 2 rings (SSSR count). The highest BCUT2D eigenvalue weighted by atomic mass is 32.2. The Hall–Kier alpha value is -0.780. The summed E-state index contributed by atoms with van der Waals surface area (Å²) in [5.41, 5.74) is 0. The van der Waals surface area contributed by atoms with Crippen molar-refractivity contribution in [2.45, 2.75) is 30.6 Å². The van der Waals surface area contributed by atoms with E-state index in [-0.39, 0.29) is 0 Å². The first kappa shape index (κ1) is 9.76. The molecule has 1 aromatic rings. The smallest absolute Gasteiger partial charge is 0.242 e. The summed E-state index contributed by atoms with van der Waals surface area (Å²) in [5, 5.41) is 15.4. The van der Waals surface area contributed by atoms with Gasteiger partial charge in [0.15, 0.2) is 0 Å². The summed E-state index contributed by atoms with van der Waals surface area (Å²) < 4.78 is 1.68. The molecule has 2 unspecified atom stereocenters. The van der Waals surface area contributed by atoms with E-state index in [0.29, 0.717) is 11.3 Å². The van der Waals surface area contributed by atoms with E-state index in [2.05, 4.69) is 27.1 Å². The third-order valence-corrected chi connectivity index (χ3v) is 3.86. The molecule has 0 bridgehead atoms. The van der Waals surface area contributed by atoms with E-state index in [9.17, 15) is 0 Å². The molecule has 0 spiro atoms. The number of tetrazole rings is 1. The molecule has 0 radical (unpaired) electrons. The van der Waals surface area contributed by atoms with Gasteiger partial charge >= 0.3 is 0 Å². The summed E-state index contributed by atoms with van der Waals surface area (Å²) in [4.78, 5) is 0. The first-order valence-electron chi connectivity index (χ1n) is 4.83. The van der Waals surface area contributed by atoms with E-state index in [1.165, 1.54) is 19.3 Å². The Morgan fingerprint density at radius 2 is 2.36 bits per heavy atom. The van der Waals surface area contributed by atoms with E-state index in [1.807, 2.05) is 18.8 Å². The number of nitrogens with zero attached hydrogens (tertiary/aromatic N) is 4. The molecule has 1 saturated carbocycles. The fraction of sp³-hybridized carbons (Fsp3) is 0.875. The highest BCUT2D eigenvalue weighted by Crippen LogP contribution is 2.30. The molecular formula is C8H15N5S. The van der Waals surface area contributed by atoms with Crippen LogP contribution in [0.1, 0.15) is 19.3 Å². The lowest BCUT2D eigenvalue weighted by molar-refractivity contribution is 0.694. The van der Waals surface area contributed by atoms with Gasteiger partial charge in [-0.25, -0.2) is 4.68 Å². The predicted molar refractivity (Wildman–Crippen MR) is 57.4 cm³/mol. The monoisotopic (exact) mass is 213 g/mol. The van der Waals surface area contributed by atoms with Gasteiger partial charge in [-0.05, 0) is 29.5 Å². The van der Waals surface area contributed by atoms with Crippen LogP contribution >= 0.6 is 11.8 Å². The average Bonchev–Trinajstić information content (AvgIpc) is 2.77. The van der Waals surface area contributed by atoms with Gasteiger partial charge in [-0.1, -0.05) is 11.5 Å². The van der Waals surface area contributed by atoms with Gasteiger partial charge in [-0.3, -0.25) is 0 Å². The van der Waals surface area contributed by atoms with E-state index in [1.54, 1.807) is 4.68 Å². The maximum atomic E-state index is 3.93. The van der Waals surface area contributed by atoms with Crippen LogP contribution in [-0.2, 0) is 7.05 Å². The first-order chi connectivity index (χ1) is 6.81. The van der Waals surface area contributed by atoms with Crippen molar-refractivity contribution in [2.75, 3.05) is 11.6 Å². The van der Waals surface area contributed by atoms with Crippen molar-refractivity contribution in [3.05, 3.63) is 0 Å². The molecular weight excluding hydrogens is 198 g/mol. The Morgan fingerprint density at radius 1 is 1.50 bits per heavy atom. The second-order valence-electron chi connectivity index (χ2n) is 3.58. The minimum Gasteiger partial charge on any atom is -0.349 e. The Labute approximate surface area is 87.6 Å². The minimum absolute atomic E-state index is 0.523. The van der Waals surface area contributed by atoms with Gasteiger partial charge in [-0.2, -0.15) is 11.8 Å². The molecule has 0 saturated heterocycles. The summed E-state index contributed by atoms with van der Waals surface area (Å²) in [6, 6.07) is 0.523. The molecule has 2 atom stereocenters. The first-order valence-corrected chi connectivity index (χ1v) is 6.11. The fourth-order valence-corrected chi connectivity index (χ4v) is 2.83. The Kier molecular flexibility index (Phi) is 2.90. The van der Waals surface area contributed by atoms with Crippen molar-refractivity contribution in [3.8, 4) is 0 Å². The number of rotatable bonds is 3. The quantitative estimate of drug-likeness (QED) is 0.808. The van der Waals surface area contributed by atoms with Crippen LogP contribution in [0.2, 0.25) is 0 Å². The topological polar surface area (TPSA) is 55.6 Å². The molecule has 0 aliphatic heterocycles. The van der Waals surface area contributed by atoms with Gasteiger partial charge in [0, 0.05) is 18.3 Å². The molecule has 1 aliphatic rings. The number of anilines is 1. The SMILES string of the molecule is CSC1CCCC1Nc1nnnn1C. The van der Waals surface area contributed by atoms with Crippen LogP contribution in [0.25, 0.3) is 0 Å². The second kappa shape index (κ2) is 4.16. The number of thioether (sulfide) groups is 1. The molecule has 6 heteroatoms. The van der Waals surface area contributed by atoms with Crippen molar-refractivity contribution >= 4 is 17.7 Å². The highest BCUT2D eigenvalue weighted by Gasteiger charge is 2.27. The van der Waals surface area contributed by atoms with E-state index < -0.39 is 0 Å². The van der Waals surface area contributed by atoms with Gasteiger partial charge in [0.1, 0.15) is 0 Å². The lowest BCUT2D eigenvalue weighted by Gasteiger charge is -2.18. The third-order valence-electron chi connectivity index (χ3n) is 2.69. The predicted octanol–water partition coefficient (Wildman–Crippen LogP) is 0.906. The summed E-state index contributed by atoms with van der Waals surface area (Å²) in [6.45, 7) is 0. The van der Waals surface area contributed by atoms with Gasteiger partial charge in [0.05, 0.1) is 0 Å². The molecule has 5 nitrogen and oxygen atoms in total. The number of hydrogen-bond donors (Lipinski definition) is 1. The van der Waals surface area contributed by atoms with Gasteiger partial charge in [-0.15, -0.1) is 0 Å². The van der Waals surface area contributed by atoms with E-state index in [4.69, 9.17) is 0 Å². The molecule has 14 heavy (non-hydrogen) atoms. The molecule has 78 valence electrons. The van der Waals surface area contributed by atoms with Gasteiger partial charge in [0.25, 0.3) is 0 Å². The highest BCUT2D eigenvalue weighted by molar-refractivity contribution is 7.99. The Morgan fingerprint density at radius 3 is 3.00 bits per heavy atom. The Balaban J connectivity index is 2.00. The van der Waals surface area contributed by atoms with Crippen LogP contribution in [0, 0.1) is 0 Å². The lowest BCUT2D eigenvalue weighted by atomic mass is 10.2. The molecule has 0 aromatic carbocycles. The van der Waals surface area contributed by atoms with E-state index >= 15 is 0 Å². The normalized spacial score (nSPS) is 26.7. The van der Waals surface area contributed by atoms with Crippen LogP contribution in [-0.4, -0.2) is 37.8 Å². The summed E-state index contributed by atoms with van der Waals surface area (Å²) >= 11 is 1.93. The Bertz CT molecular complexity index is 300. The standard InChI is InChI=1S/C8H15N5S/c1-13-8(10-11-12-13)9-6-4-3-5-7(6)14-2/h6-7H,3-5H2,1-2H3,(H,9,10,12). The van der Waals surface area contributed by atoms with Crippen molar-refractivity contribution in [2.24, 2.45) is 7.05 Å². The second-order valence-corrected chi connectivity index (χ2v) is 4.66. The number of hydrogen-bond acceptors (Lipinski definition) is 5. The van der Waals surface area contributed by atoms with E-state index in [0.717, 1.165) is 5.95 Å². The summed E-state index contributed by atoms with van der Waals surface area (Å²) in [5.74, 6) is 0.774. The van der Waals surface area contributed by atoms with Crippen LogP contribution in [0.4, 0.5) is 5.95 Å². The maximum absolute atomic E-state index is 3.93. The zero-order valence-corrected chi connectivity index (χ0v) is 9.29. The summed E-state index contributed by atoms with van der Waals surface area (Å²) in [6.07, 6.45) is 5.98. The van der Waals surface area contributed by atoms with Crippen molar-refractivity contribution in [1.29, 1.82) is 0 Å². The average molecular weight is 213 g/mol.